The normalized spacial score (nSPS) is 29.2. The fourth-order valence-electron chi connectivity index (χ4n) is 5.45. The van der Waals surface area contributed by atoms with Crippen LogP contribution in [0.3, 0.4) is 0 Å². The van der Waals surface area contributed by atoms with Crippen molar-refractivity contribution in [3.05, 3.63) is 59.4 Å². The van der Waals surface area contributed by atoms with E-state index in [4.69, 9.17) is 9.47 Å². The van der Waals surface area contributed by atoms with Crippen molar-refractivity contribution in [3.8, 4) is 11.5 Å². The molecule has 5 heteroatoms. The zero-order valence-electron chi connectivity index (χ0n) is 17.3. The molecule has 0 amide bonds. The summed E-state index contributed by atoms with van der Waals surface area (Å²) in [6, 6.07) is 13.0. The molecule has 0 radical (unpaired) electrons. The van der Waals surface area contributed by atoms with Crippen LogP contribution in [0.15, 0.2) is 42.5 Å². The Morgan fingerprint density at radius 3 is 2.69 bits per heavy atom. The van der Waals surface area contributed by atoms with Crippen LogP contribution in [-0.2, 0) is 6.54 Å². The second kappa shape index (κ2) is 8.33. The van der Waals surface area contributed by atoms with Gasteiger partial charge in [0.1, 0.15) is 29.9 Å². The third kappa shape index (κ3) is 3.86. The Morgan fingerprint density at radius 1 is 1.10 bits per heavy atom. The predicted molar refractivity (Wildman–Crippen MR) is 110 cm³/mol. The molecule has 2 N–H and O–H groups in total. The van der Waals surface area contributed by atoms with E-state index >= 15 is 0 Å². The Morgan fingerprint density at radius 2 is 1.93 bits per heavy atom. The molecule has 1 aliphatic heterocycles. The number of aliphatic hydroxyl groups is 1. The van der Waals surface area contributed by atoms with Crippen LogP contribution in [0.5, 0.6) is 11.5 Å². The van der Waals surface area contributed by atoms with Gasteiger partial charge in [0, 0.05) is 24.0 Å². The summed E-state index contributed by atoms with van der Waals surface area (Å²) in [5.74, 6) is 1.49. The van der Waals surface area contributed by atoms with Crippen LogP contribution >= 0.6 is 0 Å². The maximum Gasteiger partial charge on any atom is 0.132 e. The molecular weight excluding hydrogens is 369 g/mol. The Hall–Kier alpha value is -2.11. The molecular formula is C24H31FNO3+. The van der Waals surface area contributed by atoms with Gasteiger partial charge < -0.3 is 19.5 Å². The summed E-state index contributed by atoms with van der Waals surface area (Å²) in [4.78, 5) is 1.29. The van der Waals surface area contributed by atoms with E-state index in [0.29, 0.717) is 6.54 Å². The lowest BCUT2D eigenvalue weighted by Crippen LogP contribution is -3.13. The highest BCUT2D eigenvalue weighted by atomic mass is 19.1. The zero-order valence-corrected chi connectivity index (χ0v) is 17.3. The third-order valence-electron chi connectivity index (χ3n) is 6.94. The van der Waals surface area contributed by atoms with Gasteiger partial charge in [0.25, 0.3) is 0 Å². The van der Waals surface area contributed by atoms with Crippen molar-refractivity contribution >= 4 is 0 Å². The van der Waals surface area contributed by atoms with Gasteiger partial charge in [0.2, 0.25) is 0 Å². The second-order valence-electron chi connectivity index (χ2n) is 8.47. The minimum Gasteiger partial charge on any atom is -0.497 e. The number of rotatable bonds is 5. The number of benzene rings is 2. The lowest BCUT2D eigenvalue weighted by atomic mass is 9.66. The summed E-state index contributed by atoms with van der Waals surface area (Å²) >= 11 is 0. The molecule has 29 heavy (non-hydrogen) atoms. The summed E-state index contributed by atoms with van der Waals surface area (Å²) in [6.07, 6.45) is 4.78. The van der Waals surface area contributed by atoms with E-state index in [0.717, 1.165) is 61.3 Å². The molecule has 0 bridgehead atoms. The number of methoxy groups -OCH3 is 2. The number of ether oxygens (including phenoxy) is 2. The highest BCUT2D eigenvalue weighted by Gasteiger charge is 2.52. The quantitative estimate of drug-likeness (QED) is 0.809. The summed E-state index contributed by atoms with van der Waals surface area (Å²) in [5.41, 5.74) is 1.15. The fraction of sp³-hybridized carbons (Fsp3) is 0.500. The predicted octanol–water partition coefficient (Wildman–Crippen LogP) is 3.29. The van der Waals surface area contributed by atoms with Gasteiger partial charge in [0.15, 0.2) is 0 Å². The molecule has 1 heterocycles. The highest BCUT2D eigenvalue weighted by molar-refractivity contribution is 5.42. The summed E-state index contributed by atoms with van der Waals surface area (Å²) in [6.45, 7) is 1.40. The third-order valence-corrected chi connectivity index (χ3v) is 6.94. The number of fused-ring (bicyclic) bond motifs is 1. The van der Waals surface area contributed by atoms with E-state index in [1.807, 2.05) is 24.3 Å². The Balaban J connectivity index is 1.76. The lowest BCUT2D eigenvalue weighted by Gasteiger charge is -2.50. The van der Waals surface area contributed by atoms with Crippen LogP contribution in [0.2, 0.25) is 0 Å². The summed E-state index contributed by atoms with van der Waals surface area (Å²) in [7, 11) is 3.31. The first-order valence-electron chi connectivity index (χ1n) is 10.6. The van der Waals surface area contributed by atoms with Crippen molar-refractivity contribution in [2.75, 3.05) is 20.8 Å². The van der Waals surface area contributed by atoms with Crippen molar-refractivity contribution < 1.29 is 23.9 Å². The van der Waals surface area contributed by atoms with Crippen molar-refractivity contribution in [1.82, 2.24) is 0 Å². The van der Waals surface area contributed by atoms with Crippen LogP contribution < -0.4 is 14.4 Å². The standard InChI is InChI=1S/C24H30FNO3/c1-28-18-10-11-19(22(15-18)29-2)23-20-8-5-6-12-24(20,27)13-14-26(23)16-17-7-3-4-9-21(17)25/h3-4,7,9-11,15,20,23,27H,5-6,8,12-14,16H2,1-2H3/p+1/t20-,23+,24-/m0/s1. The maximum atomic E-state index is 14.4. The van der Waals surface area contributed by atoms with Gasteiger partial charge in [0.05, 0.1) is 31.9 Å². The average molecular weight is 401 g/mol. The van der Waals surface area contributed by atoms with E-state index in [1.54, 1.807) is 20.3 Å². The number of quaternary nitrogens is 1. The monoisotopic (exact) mass is 400 g/mol. The van der Waals surface area contributed by atoms with E-state index < -0.39 is 5.60 Å². The topological polar surface area (TPSA) is 43.1 Å². The van der Waals surface area contributed by atoms with Gasteiger partial charge >= 0.3 is 0 Å². The molecule has 4 atom stereocenters. The Bertz CT molecular complexity index is 858. The first-order valence-corrected chi connectivity index (χ1v) is 10.6. The van der Waals surface area contributed by atoms with Crippen LogP contribution in [-0.4, -0.2) is 31.5 Å². The van der Waals surface area contributed by atoms with E-state index in [9.17, 15) is 9.50 Å². The molecule has 1 unspecified atom stereocenters. The van der Waals surface area contributed by atoms with E-state index in [1.165, 1.54) is 11.0 Å². The molecule has 1 saturated carbocycles. The van der Waals surface area contributed by atoms with Crippen molar-refractivity contribution in [2.45, 2.75) is 50.3 Å². The van der Waals surface area contributed by atoms with Gasteiger partial charge in [-0.25, -0.2) is 4.39 Å². The van der Waals surface area contributed by atoms with Crippen LogP contribution in [0.4, 0.5) is 4.39 Å². The van der Waals surface area contributed by atoms with Gasteiger partial charge in [-0.2, -0.15) is 0 Å². The molecule has 0 spiro atoms. The lowest BCUT2D eigenvalue weighted by molar-refractivity contribution is -0.958. The Kier molecular flexibility index (Phi) is 5.79. The van der Waals surface area contributed by atoms with Crippen LogP contribution in [0.25, 0.3) is 0 Å². The minimum atomic E-state index is -0.646. The molecule has 4 rings (SSSR count). The van der Waals surface area contributed by atoms with E-state index in [-0.39, 0.29) is 17.8 Å². The smallest absolute Gasteiger partial charge is 0.132 e. The number of piperidine rings is 1. The molecule has 1 saturated heterocycles. The molecule has 2 fully saturated rings. The molecule has 156 valence electrons. The number of hydrogen-bond acceptors (Lipinski definition) is 3. The number of hydrogen-bond donors (Lipinski definition) is 2. The summed E-state index contributed by atoms with van der Waals surface area (Å²) in [5, 5.41) is 11.5. The maximum absolute atomic E-state index is 14.4. The fourth-order valence-corrected chi connectivity index (χ4v) is 5.45. The van der Waals surface area contributed by atoms with E-state index in [2.05, 4.69) is 6.07 Å². The molecule has 4 nitrogen and oxygen atoms in total. The Labute approximate surface area is 172 Å². The minimum absolute atomic E-state index is 0.0505. The average Bonchev–Trinajstić information content (AvgIpc) is 2.75. The molecule has 2 aromatic carbocycles. The summed E-state index contributed by atoms with van der Waals surface area (Å²) < 4.78 is 25.5. The molecule has 2 aliphatic rings. The first-order chi connectivity index (χ1) is 14.1. The van der Waals surface area contributed by atoms with Crippen molar-refractivity contribution in [1.29, 1.82) is 0 Å². The molecule has 1 aliphatic carbocycles. The van der Waals surface area contributed by atoms with Crippen LogP contribution in [0, 0.1) is 11.7 Å². The second-order valence-corrected chi connectivity index (χ2v) is 8.47. The largest absolute Gasteiger partial charge is 0.497 e. The zero-order chi connectivity index (χ0) is 20.4. The first kappa shape index (κ1) is 20.2. The highest BCUT2D eigenvalue weighted by Crippen LogP contribution is 2.46. The SMILES string of the molecule is COc1ccc([C@@H]2[C@@H]3CCCC[C@]3(O)CC[NH+]2Cc2ccccc2F)c(OC)c1. The number of halogens is 1. The van der Waals surface area contributed by atoms with Gasteiger partial charge in [-0.3, -0.25) is 0 Å². The number of nitrogens with one attached hydrogen (secondary N) is 1. The van der Waals surface area contributed by atoms with Gasteiger partial charge in [-0.1, -0.05) is 31.0 Å². The molecule has 0 aromatic heterocycles. The van der Waals surface area contributed by atoms with Gasteiger partial charge in [-0.05, 0) is 31.0 Å². The number of likely N-dealkylation sites (tertiary alicyclic amines) is 1. The molecule has 2 aromatic rings. The van der Waals surface area contributed by atoms with Crippen molar-refractivity contribution in [2.24, 2.45) is 5.92 Å². The van der Waals surface area contributed by atoms with Gasteiger partial charge in [-0.15, -0.1) is 0 Å². The van der Waals surface area contributed by atoms with Crippen molar-refractivity contribution in [3.63, 3.8) is 0 Å². The van der Waals surface area contributed by atoms with Crippen LogP contribution in [0.1, 0.15) is 49.3 Å².